The zero-order valence-corrected chi connectivity index (χ0v) is 12.3. The maximum Gasteiger partial charge on any atom is 0.422 e. The standard InChI is InChI=1S/C13H16F3N3O4/c1-19(5-3-11(20)21)12(22)18-7-9-2-4-17-10(6-9)23-8-13(14,15)16/h2,4,6H,3,5,7-8H2,1H3,(H,18,22)(H,20,21). The Balaban J connectivity index is 2.48. The van der Waals surface area contributed by atoms with Gasteiger partial charge in [0.25, 0.3) is 0 Å². The number of nitrogens with zero attached hydrogens (tertiary/aromatic N) is 2. The molecule has 7 nitrogen and oxygen atoms in total. The fraction of sp³-hybridized carbons (Fsp3) is 0.462. The monoisotopic (exact) mass is 335 g/mol. The van der Waals surface area contributed by atoms with Crippen molar-refractivity contribution in [2.75, 3.05) is 20.2 Å². The van der Waals surface area contributed by atoms with E-state index in [1.165, 1.54) is 30.3 Å². The van der Waals surface area contributed by atoms with Crippen LogP contribution in [0, 0.1) is 0 Å². The first-order valence-corrected chi connectivity index (χ1v) is 6.52. The summed E-state index contributed by atoms with van der Waals surface area (Å²) in [6, 6.07) is 2.29. The molecule has 1 rings (SSSR count). The molecule has 128 valence electrons. The van der Waals surface area contributed by atoms with Crippen molar-refractivity contribution in [3.8, 4) is 5.88 Å². The van der Waals surface area contributed by atoms with Crippen molar-refractivity contribution < 1.29 is 32.6 Å². The second-order valence-corrected chi connectivity index (χ2v) is 4.63. The molecular formula is C13H16F3N3O4. The van der Waals surface area contributed by atoms with Crippen LogP contribution in [0.25, 0.3) is 0 Å². The number of carboxylic acid groups (broad SMARTS) is 1. The molecule has 0 saturated heterocycles. The molecule has 0 atom stereocenters. The van der Waals surface area contributed by atoms with Crippen molar-refractivity contribution in [1.82, 2.24) is 15.2 Å². The molecule has 1 heterocycles. The van der Waals surface area contributed by atoms with Gasteiger partial charge >= 0.3 is 18.2 Å². The molecule has 0 bridgehead atoms. The highest BCUT2D eigenvalue weighted by molar-refractivity contribution is 5.75. The van der Waals surface area contributed by atoms with Gasteiger partial charge in [0.15, 0.2) is 6.61 Å². The number of pyridine rings is 1. The molecule has 0 aliphatic rings. The van der Waals surface area contributed by atoms with Crippen molar-refractivity contribution >= 4 is 12.0 Å². The van der Waals surface area contributed by atoms with Crippen molar-refractivity contribution in [3.05, 3.63) is 23.9 Å². The summed E-state index contributed by atoms with van der Waals surface area (Å²) in [7, 11) is 1.43. The van der Waals surface area contributed by atoms with Gasteiger partial charge in [-0.25, -0.2) is 9.78 Å². The molecule has 0 spiro atoms. The number of carboxylic acids is 1. The molecule has 2 amide bonds. The molecule has 0 aliphatic carbocycles. The fourth-order valence-corrected chi connectivity index (χ4v) is 1.47. The van der Waals surface area contributed by atoms with E-state index in [4.69, 9.17) is 5.11 Å². The Morgan fingerprint density at radius 2 is 2.13 bits per heavy atom. The first-order valence-electron chi connectivity index (χ1n) is 6.52. The van der Waals surface area contributed by atoms with Gasteiger partial charge in [0.2, 0.25) is 5.88 Å². The lowest BCUT2D eigenvalue weighted by molar-refractivity contribution is -0.154. The van der Waals surface area contributed by atoms with Crippen LogP contribution in [-0.2, 0) is 11.3 Å². The zero-order chi connectivity index (χ0) is 17.5. The van der Waals surface area contributed by atoms with Crippen molar-refractivity contribution in [2.24, 2.45) is 0 Å². The summed E-state index contributed by atoms with van der Waals surface area (Å²) in [5, 5.41) is 11.0. The van der Waals surface area contributed by atoms with Crippen LogP contribution in [0.4, 0.5) is 18.0 Å². The van der Waals surface area contributed by atoms with Gasteiger partial charge in [0, 0.05) is 32.4 Å². The predicted octanol–water partition coefficient (Wildman–Crippen LogP) is 1.64. The van der Waals surface area contributed by atoms with E-state index in [1.807, 2.05) is 0 Å². The number of aliphatic carboxylic acids is 1. The van der Waals surface area contributed by atoms with Crippen LogP contribution in [-0.4, -0.2) is 53.4 Å². The number of hydrogen-bond donors (Lipinski definition) is 2. The molecule has 0 fully saturated rings. The van der Waals surface area contributed by atoms with Crippen LogP contribution >= 0.6 is 0 Å². The Morgan fingerprint density at radius 1 is 1.43 bits per heavy atom. The maximum atomic E-state index is 12.1. The molecule has 10 heteroatoms. The third kappa shape index (κ3) is 7.88. The van der Waals surface area contributed by atoms with Crippen LogP contribution in [0.3, 0.4) is 0 Å². The van der Waals surface area contributed by atoms with Crippen LogP contribution < -0.4 is 10.1 Å². The number of nitrogens with one attached hydrogen (secondary N) is 1. The summed E-state index contributed by atoms with van der Waals surface area (Å²) < 4.78 is 40.7. The van der Waals surface area contributed by atoms with Gasteiger partial charge in [0.1, 0.15) is 0 Å². The number of urea groups is 1. The number of carbonyl (C=O) groups excluding carboxylic acids is 1. The Labute approximate surface area is 130 Å². The molecule has 0 radical (unpaired) electrons. The highest BCUT2D eigenvalue weighted by atomic mass is 19.4. The van der Waals surface area contributed by atoms with E-state index in [2.05, 4.69) is 15.0 Å². The van der Waals surface area contributed by atoms with Gasteiger partial charge in [-0.3, -0.25) is 4.79 Å². The summed E-state index contributed by atoms with van der Waals surface area (Å²) in [6.45, 7) is -1.37. The number of hydrogen-bond acceptors (Lipinski definition) is 4. The van der Waals surface area contributed by atoms with E-state index in [9.17, 15) is 22.8 Å². The summed E-state index contributed by atoms with van der Waals surface area (Å²) in [5.74, 6) is -1.22. The average molecular weight is 335 g/mol. The van der Waals surface area contributed by atoms with E-state index >= 15 is 0 Å². The van der Waals surface area contributed by atoms with Crippen molar-refractivity contribution in [3.63, 3.8) is 0 Å². The minimum Gasteiger partial charge on any atom is -0.481 e. The Bertz CT molecular complexity index is 552. The SMILES string of the molecule is CN(CCC(=O)O)C(=O)NCc1ccnc(OCC(F)(F)F)c1. The lowest BCUT2D eigenvalue weighted by Gasteiger charge is -2.17. The third-order valence-corrected chi connectivity index (χ3v) is 2.63. The summed E-state index contributed by atoms with van der Waals surface area (Å²) in [6.07, 6.45) is -3.38. The number of rotatable bonds is 7. The van der Waals surface area contributed by atoms with Gasteiger partial charge in [0.05, 0.1) is 6.42 Å². The first-order chi connectivity index (χ1) is 10.7. The minimum atomic E-state index is -4.46. The van der Waals surface area contributed by atoms with Gasteiger partial charge in [-0.2, -0.15) is 13.2 Å². The second kappa shape index (κ2) is 8.20. The number of alkyl halides is 3. The summed E-state index contributed by atoms with van der Waals surface area (Å²) in [5.41, 5.74) is 0.497. The van der Waals surface area contributed by atoms with E-state index in [0.29, 0.717) is 5.56 Å². The Hall–Kier alpha value is -2.52. The molecular weight excluding hydrogens is 319 g/mol. The lowest BCUT2D eigenvalue weighted by Crippen LogP contribution is -2.38. The van der Waals surface area contributed by atoms with Gasteiger partial charge < -0.3 is 20.1 Å². The van der Waals surface area contributed by atoms with E-state index in [0.717, 1.165) is 0 Å². The minimum absolute atomic E-state index is 0.0391. The highest BCUT2D eigenvalue weighted by Crippen LogP contribution is 2.17. The highest BCUT2D eigenvalue weighted by Gasteiger charge is 2.28. The lowest BCUT2D eigenvalue weighted by atomic mass is 10.2. The number of halogens is 3. The third-order valence-electron chi connectivity index (χ3n) is 2.63. The fourth-order valence-electron chi connectivity index (χ4n) is 1.47. The van der Waals surface area contributed by atoms with E-state index in [-0.39, 0.29) is 25.4 Å². The number of amides is 2. The summed E-state index contributed by atoms with van der Waals surface area (Å²) >= 11 is 0. The van der Waals surface area contributed by atoms with Crippen molar-refractivity contribution in [2.45, 2.75) is 19.1 Å². The van der Waals surface area contributed by atoms with E-state index < -0.39 is 24.8 Å². The molecule has 1 aromatic heterocycles. The maximum absolute atomic E-state index is 12.1. The first kappa shape index (κ1) is 18.5. The Kier molecular flexibility index (Phi) is 6.61. The van der Waals surface area contributed by atoms with Crippen LogP contribution in [0.5, 0.6) is 5.88 Å². The largest absolute Gasteiger partial charge is 0.481 e. The molecule has 1 aromatic rings. The smallest absolute Gasteiger partial charge is 0.422 e. The van der Waals surface area contributed by atoms with Crippen LogP contribution in [0.15, 0.2) is 18.3 Å². The molecule has 23 heavy (non-hydrogen) atoms. The topological polar surface area (TPSA) is 91.8 Å². The second-order valence-electron chi connectivity index (χ2n) is 4.63. The quantitative estimate of drug-likeness (QED) is 0.790. The number of aromatic nitrogens is 1. The molecule has 0 unspecified atom stereocenters. The van der Waals surface area contributed by atoms with E-state index in [1.54, 1.807) is 0 Å². The molecule has 0 saturated carbocycles. The molecule has 2 N–H and O–H groups in total. The summed E-state index contributed by atoms with van der Waals surface area (Å²) in [4.78, 5) is 26.9. The van der Waals surface area contributed by atoms with Crippen LogP contribution in [0.1, 0.15) is 12.0 Å². The molecule has 0 aliphatic heterocycles. The predicted molar refractivity (Wildman–Crippen MR) is 72.9 cm³/mol. The van der Waals surface area contributed by atoms with Crippen LogP contribution in [0.2, 0.25) is 0 Å². The Morgan fingerprint density at radius 3 is 2.74 bits per heavy atom. The van der Waals surface area contributed by atoms with Gasteiger partial charge in [-0.15, -0.1) is 0 Å². The molecule has 0 aromatic carbocycles. The normalized spacial score (nSPS) is 11.0. The average Bonchev–Trinajstić information content (AvgIpc) is 2.48. The zero-order valence-electron chi connectivity index (χ0n) is 12.3. The number of ether oxygens (including phenoxy) is 1. The van der Waals surface area contributed by atoms with Gasteiger partial charge in [-0.1, -0.05) is 0 Å². The van der Waals surface area contributed by atoms with Crippen molar-refractivity contribution in [1.29, 1.82) is 0 Å². The van der Waals surface area contributed by atoms with Gasteiger partial charge in [-0.05, 0) is 11.6 Å². The number of carbonyl (C=O) groups is 2.